The number of nitrogens with zero attached hydrogens (tertiary/aromatic N) is 4. The number of ether oxygens (including phenoxy) is 1. The number of hydrogen-bond acceptors (Lipinski definition) is 5. The molecular weight excluding hydrogens is 234 g/mol. The summed E-state index contributed by atoms with van der Waals surface area (Å²) in [6.45, 7) is 1.86. The summed E-state index contributed by atoms with van der Waals surface area (Å²) in [6, 6.07) is 1.77. The fourth-order valence-corrected chi connectivity index (χ4v) is 2.10. The van der Waals surface area contributed by atoms with Gasteiger partial charge in [0.1, 0.15) is 5.54 Å². The van der Waals surface area contributed by atoms with Gasteiger partial charge in [0.2, 0.25) is 11.8 Å². The first-order chi connectivity index (χ1) is 8.37. The lowest BCUT2D eigenvalue weighted by atomic mass is 9.92. The second-order valence-corrected chi connectivity index (χ2v) is 4.57. The smallest absolute Gasteiger partial charge is 0.232 e. The van der Waals surface area contributed by atoms with Crippen molar-refractivity contribution in [2.75, 3.05) is 14.2 Å². The predicted molar refractivity (Wildman–Crippen MR) is 66.1 cm³/mol. The number of amides is 1. The first-order valence-electron chi connectivity index (χ1n) is 5.58. The molecule has 0 fully saturated rings. The predicted octanol–water partition coefficient (Wildman–Crippen LogP) is -0.179. The summed E-state index contributed by atoms with van der Waals surface area (Å²) in [5.74, 6) is 0.646. The van der Waals surface area contributed by atoms with Crippen LogP contribution in [-0.2, 0) is 17.4 Å². The Kier molecular flexibility index (Phi) is 2.76. The quantitative estimate of drug-likeness (QED) is 0.790. The Hall–Kier alpha value is -2.05. The highest BCUT2D eigenvalue weighted by molar-refractivity contribution is 5.98. The third kappa shape index (κ3) is 1.81. The van der Waals surface area contributed by atoms with Gasteiger partial charge in [0.25, 0.3) is 0 Å². The number of carbonyl (C=O) groups is 1. The van der Waals surface area contributed by atoms with Crippen molar-refractivity contribution in [3.05, 3.63) is 11.8 Å². The third-order valence-corrected chi connectivity index (χ3v) is 3.19. The first-order valence-corrected chi connectivity index (χ1v) is 5.58. The van der Waals surface area contributed by atoms with Crippen LogP contribution in [-0.4, -0.2) is 40.7 Å². The molecule has 1 aliphatic rings. The maximum absolute atomic E-state index is 11.9. The molecule has 2 heterocycles. The van der Waals surface area contributed by atoms with Crippen LogP contribution in [0.1, 0.15) is 19.0 Å². The monoisotopic (exact) mass is 251 g/mol. The van der Waals surface area contributed by atoms with E-state index in [2.05, 4.69) is 10.1 Å². The summed E-state index contributed by atoms with van der Waals surface area (Å²) in [4.78, 5) is 17.6. The lowest BCUT2D eigenvalue weighted by molar-refractivity contribution is -0.128. The normalized spacial score (nSPS) is 24.1. The zero-order valence-corrected chi connectivity index (χ0v) is 11.0. The summed E-state index contributed by atoms with van der Waals surface area (Å²) in [6.07, 6.45) is 0.257. The van der Waals surface area contributed by atoms with E-state index in [9.17, 15) is 4.79 Å². The zero-order chi connectivity index (χ0) is 13.5. The molecule has 98 valence electrons. The standard InChI is InChI=1S/C11H17N5O2/c1-11(6-9(17)15(2)10(12)13-11)7-5-8(18-4)14-16(7)3/h5H,6H2,1-4H3,(H2,12,13)/t11-/m0/s1. The van der Waals surface area contributed by atoms with E-state index in [1.54, 1.807) is 32.0 Å². The van der Waals surface area contributed by atoms with E-state index in [-0.39, 0.29) is 18.3 Å². The van der Waals surface area contributed by atoms with Crippen LogP contribution in [0.2, 0.25) is 0 Å². The maximum Gasteiger partial charge on any atom is 0.232 e. The van der Waals surface area contributed by atoms with Gasteiger partial charge in [0.15, 0.2) is 5.96 Å². The first kappa shape index (κ1) is 12.4. The molecule has 2 N–H and O–H groups in total. The van der Waals surface area contributed by atoms with Gasteiger partial charge in [0.05, 0.1) is 19.2 Å². The molecule has 0 spiro atoms. The minimum Gasteiger partial charge on any atom is -0.480 e. The van der Waals surface area contributed by atoms with Crippen LogP contribution < -0.4 is 10.5 Å². The summed E-state index contributed by atoms with van der Waals surface area (Å²) in [5.41, 5.74) is 5.86. The average molecular weight is 251 g/mol. The van der Waals surface area contributed by atoms with Crippen LogP contribution in [0.5, 0.6) is 5.88 Å². The number of aryl methyl sites for hydroxylation is 1. The molecule has 1 aromatic rings. The van der Waals surface area contributed by atoms with Crippen molar-refractivity contribution < 1.29 is 9.53 Å². The van der Waals surface area contributed by atoms with Crippen molar-refractivity contribution in [3.63, 3.8) is 0 Å². The Balaban J connectivity index is 2.48. The molecule has 0 unspecified atom stereocenters. The Morgan fingerprint density at radius 2 is 2.17 bits per heavy atom. The highest BCUT2D eigenvalue weighted by Crippen LogP contribution is 2.33. The van der Waals surface area contributed by atoms with Gasteiger partial charge in [0, 0.05) is 20.2 Å². The molecule has 0 aliphatic carbocycles. The molecule has 0 bridgehead atoms. The van der Waals surface area contributed by atoms with Crippen molar-refractivity contribution in [2.24, 2.45) is 17.8 Å². The van der Waals surface area contributed by atoms with E-state index in [0.29, 0.717) is 5.88 Å². The molecule has 1 atom stereocenters. The molecule has 1 aliphatic heterocycles. The number of methoxy groups -OCH3 is 1. The topological polar surface area (TPSA) is 85.7 Å². The molecule has 1 amide bonds. The molecule has 0 aromatic carbocycles. The molecular formula is C11H17N5O2. The summed E-state index contributed by atoms with van der Waals surface area (Å²) < 4.78 is 6.74. The fourth-order valence-electron chi connectivity index (χ4n) is 2.10. The van der Waals surface area contributed by atoms with Crippen molar-refractivity contribution in [1.29, 1.82) is 0 Å². The lowest BCUT2D eigenvalue weighted by Crippen LogP contribution is -2.48. The van der Waals surface area contributed by atoms with E-state index >= 15 is 0 Å². The largest absolute Gasteiger partial charge is 0.480 e. The number of aliphatic imine (C=N–C) groups is 1. The van der Waals surface area contributed by atoms with Crippen molar-refractivity contribution in [2.45, 2.75) is 18.9 Å². The van der Waals surface area contributed by atoms with Crippen LogP contribution in [0.3, 0.4) is 0 Å². The van der Waals surface area contributed by atoms with Crippen molar-refractivity contribution >= 4 is 11.9 Å². The summed E-state index contributed by atoms with van der Waals surface area (Å²) in [5, 5.41) is 4.18. The Morgan fingerprint density at radius 1 is 1.50 bits per heavy atom. The van der Waals surface area contributed by atoms with Gasteiger partial charge >= 0.3 is 0 Å². The highest BCUT2D eigenvalue weighted by atomic mass is 16.5. The maximum atomic E-state index is 11.9. The van der Waals surface area contributed by atoms with Crippen molar-refractivity contribution in [3.8, 4) is 5.88 Å². The minimum atomic E-state index is -0.702. The number of rotatable bonds is 2. The summed E-state index contributed by atoms with van der Waals surface area (Å²) in [7, 11) is 4.95. The Morgan fingerprint density at radius 3 is 2.67 bits per heavy atom. The van der Waals surface area contributed by atoms with Crippen molar-refractivity contribution in [1.82, 2.24) is 14.7 Å². The minimum absolute atomic E-state index is 0.0647. The Labute approximate surface area is 105 Å². The van der Waals surface area contributed by atoms with E-state index in [1.807, 2.05) is 6.92 Å². The van der Waals surface area contributed by atoms with Crippen LogP contribution in [0.25, 0.3) is 0 Å². The zero-order valence-electron chi connectivity index (χ0n) is 11.0. The second-order valence-electron chi connectivity index (χ2n) is 4.57. The number of carbonyl (C=O) groups excluding carboxylic acids is 1. The number of nitrogens with two attached hydrogens (primary N) is 1. The van der Waals surface area contributed by atoms with E-state index in [4.69, 9.17) is 10.5 Å². The molecule has 2 rings (SSSR count). The van der Waals surface area contributed by atoms with Crippen LogP contribution >= 0.6 is 0 Å². The van der Waals surface area contributed by atoms with Crippen LogP contribution in [0.4, 0.5) is 0 Å². The SMILES string of the molecule is COc1cc([C@]2(C)CC(=O)N(C)C(N)=N2)n(C)n1. The Bertz CT molecular complexity index is 522. The highest BCUT2D eigenvalue weighted by Gasteiger charge is 2.38. The van der Waals surface area contributed by atoms with Gasteiger partial charge in [-0.25, -0.2) is 4.99 Å². The lowest BCUT2D eigenvalue weighted by Gasteiger charge is -2.33. The molecule has 0 radical (unpaired) electrons. The molecule has 7 heteroatoms. The van der Waals surface area contributed by atoms with Gasteiger partial charge in [-0.3, -0.25) is 14.4 Å². The van der Waals surface area contributed by atoms with Crippen LogP contribution in [0.15, 0.2) is 11.1 Å². The fraction of sp³-hybridized carbons (Fsp3) is 0.545. The number of aromatic nitrogens is 2. The molecule has 1 aromatic heterocycles. The van der Waals surface area contributed by atoms with Crippen LogP contribution in [0, 0.1) is 0 Å². The van der Waals surface area contributed by atoms with E-state index in [0.717, 1.165) is 5.69 Å². The second kappa shape index (κ2) is 4.01. The molecule has 0 saturated carbocycles. The van der Waals surface area contributed by atoms with E-state index < -0.39 is 5.54 Å². The van der Waals surface area contributed by atoms with Gasteiger partial charge in [-0.15, -0.1) is 5.10 Å². The molecule has 7 nitrogen and oxygen atoms in total. The number of hydrogen-bond donors (Lipinski definition) is 1. The molecule has 18 heavy (non-hydrogen) atoms. The average Bonchev–Trinajstić information content (AvgIpc) is 2.68. The third-order valence-electron chi connectivity index (χ3n) is 3.19. The molecule has 0 saturated heterocycles. The van der Waals surface area contributed by atoms with Gasteiger partial charge in [-0.1, -0.05) is 0 Å². The van der Waals surface area contributed by atoms with E-state index in [1.165, 1.54) is 4.90 Å². The summed E-state index contributed by atoms with van der Waals surface area (Å²) >= 11 is 0. The van der Waals surface area contributed by atoms with Gasteiger partial charge in [-0.2, -0.15) is 0 Å². The van der Waals surface area contributed by atoms with Gasteiger partial charge < -0.3 is 10.5 Å². The van der Waals surface area contributed by atoms with Gasteiger partial charge in [-0.05, 0) is 6.92 Å². The number of guanidine groups is 1.